The van der Waals surface area contributed by atoms with E-state index in [1.807, 2.05) is 17.5 Å². The first-order valence-electron chi connectivity index (χ1n) is 6.49. The molecule has 3 aromatic rings. The van der Waals surface area contributed by atoms with Crippen LogP contribution in [0.1, 0.15) is 0 Å². The summed E-state index contributed by atoms with van der Waals surface area (Å²) in [5, 5.41) is 12.1. The standard InChI is InChI=1S/C16H13NO3S2/c1-22(19,20)14-8-4-11(5-9-14)15-10-21-16(17-15)12-2-6-13(18)7-3-12/h2-10,18H,1H3. The van der Waals surface area contributed by atoms with Gasteiger partial charge in [-0.2, -0.15) is 0 Å². The Morgan fingerprint density at radius 3 is 2.14 bits per heavy atom. The van der Waals surface area contributed by atoms with Crippen LogP contribution in [0.3, 0.4) is 0 Å². The molecule has 4 nitrogen and oxygen atoms in total. The Hall–Kier alpha value is -2.18. The van der Waals surface area contributed by atoms with Crippen LogP contribution in [0, 0.1) is 0 Å². The van der Waals surface area contributed by atoms with Crippen molar-refractivity contribution >= 4 is 21.2 Å². The van der Waals surface area contributed by atoms with Crippen LogP contribution in [-0.4, -0.2) is 24.8 Å². The first kappa shape index (κ1) is 14.7. The smallest absolute Gasteiger partial charge is 0.175 e. The molecule has 0 spiro atoms. The maximum Gasteiger partial charge on any atom is 0.175 e. The second-order valence-electron chi connectivity index (χ2n) is 4.88. The van der Waals surface area contributed by atoms with Gasteiger partial charge >= 0.3 is 0 Å². The lowest BCUT2D eigenvalue weighted by Crippen LogP contribution is -1.96. The summed E-state index contributed by atoms with van der Waals surface area (Å²) in [6, 6.07) is 13.6. The van der Waals surface area contributed by atoms with Gasteiger partial charge in [0.1, 0.15) is 10.8 Å². The van der Waals surface area contributed by atoms with Crippen molar-refractivity contribution in [3.63, 3.8) is 0 Å². The summed E-state index contributed by atoms with van der Waals surface area (Å²) in [6.07, 6.45) is 1.19. The number of thiazole rings is 1. The van der Waals surface area contributed by atoms with Gasteiger partial charge in [0.25, 0.3) is 0 Å². The molecule has 0 saturated carbocycles. The quantitative estimate of drug-likeness (QED) is 0.796. The Balaban J connectivity index is 1.92. The van der Waals surface area contributed by atoms with E-state index in [2.05, 4.69) is 4.98 Å². The lowest BCUT2D eigenvalue weighted by Gasteiger charge is -2.00. The van der Waals surface area contributed by atoms with E-state index in [0.29, 0.717) is 4.90 Å². The first-order chi connectivity index (χ1) is 10.4. The molecule has 0 fully saturated rings. The van der Waals surface area contributed by atoms with Crippen LogP contribution in [0.4, 0.5) is 0 Å². The molecule has 1 aromatic heterocycles. The van der Waals surface area contributed by atoms with Gasteiger partial charge in [0.2, 0.25) is 0 Å². The molecule has 112 valence electrons. The largest absolute Gasteiger partial charge is 0.508 e. The van der Waals surface area contributed by atoms with Crippen LogP contribution < -0.4 is 0 Å². The van der Waals surface area contributed by atoms with E-state index in [-0.39, 0.29) is 5.75 Å². The van der Waals surface area contributed by atoms with Crippen LogP contribution in [0.25, 0.3) is 21.8 Å². The normalized spacial score (nSPS) is 11.5. The fraction of sp³-hybridized carbons (Fsp3) is 0.0625. The Kier molecular flexibility index (Phi) is 3.72. The zero-order valence-corrected chi connectivity index (χ0v) is 13.4. The lowest BCUT2D eigenvalue weighted by atomic mass is 10.2. The highest BCUT2D eigenvalue weighted by atomic mass is 32.2. The summed E-state index contributed by atoms with van der Waals surface area (Å²) >= 11 is 1.50. The summed E-state index contributed by atoms with van der Waals surface area (Å²) < 4.78 is 22.9. The molecule has 6 heteroatoms. The Morgan fingerprint density at radius 2 is 1.55 bits per heavy atom. The zero-order valence-electron chi connectivity index (χ0n) is 11.7. The summed E-state index contributed by atoms with van der Waals surface area (Å²) in [4.78, 5) is 4.86. The molecule has 0 saturated heterocycles. The van der Waals surface area contributed by atoms with Crippen molar-refractivity contribution in [2.75, 3.05) is 6.26 Å². The number of aromatic nitrogens is 1. The van der Waals surface area contributed by atoms with E-state index in [0.717, 1.165) is 21.8 Å². The van der Waals surface area contributed by atoms with Gasteiger partial charge in [0.15, 0.2) is 9.84 Å². The molecular weight excluding hydrogens is 318 g/mol. The number of aromatic hydroxyl groups is 1. The molecule has 0 aliphatic carbocycles. The number of sulfone groups is 1. The highest BCUT2D eigenvalue weighted by Crippen LogP contribution is 2.30. The molecule has 0 bridgehead atoms. The van der Waals surface area contributed by atoms with Crippen LogP contribution in [0.15, 0.2) is 58.8 Å². The van der Waals surface area contributed by atoms with Crippen molar-refractivity contribution in [3.05, 3.63) is 53.9 Å². The van der Waals surface area contributed by atoms with E-state index in [1.165, 1.54) is 17.6 Å². The molecule has 0 unspecified atom stereocenters. The molecule has 0 amide bonds. The third-order valence-electron chi connectivity index (χ3n) is 3.20. The average Bonchev–Trinajstić information content (AvgIpc) is 2.97. The van der Waals surface area contributed by atoms with E-state index in [1.54, 1.807) is 36.4 Å². The lowest BCUT2D eigenvalue weighted by molar-refractivity contribution is 0.475. The zero-order chi connectivity index (χ0) is 15.7. The topological polar surface area (TPSA) is 67.3 Å². The summed E-state index contributed by atoms with van der Waals surface area (Å²) in [7, 11) is -3.19. The van der Waals surface area contributed by atoms with Crippen molar-refractivity contribution in [1.82, 2.24) is 4.98 Å². The van der Waals surface area contributed by atoms with Crippen molar-refractivity contribution < 1.29 is 13.5 Å². The summed E-state index contributed by atoms with van der Waals surface area (Å²) in [5.41, 5.74) is 2.60. The van der Waals surface area contributed by atoms with Gasteiger partial charge in [-0.3, -0.25) is 0 Å². The fourth-order valence-corrected chi connectivity index (χ4v) is 3.48. The highest BCUT2D eigenvalue weighted by Gasteiger charge is 2.09. The number of phenolic OH excluding ortho intramolecular Hbond substituents is 1. The number of hydrogen-bond acceptors (Lipinski definition) is 5. The molecule has 1 heterocycles. The average molecular weight is 331 g/mol. The minimum atomic E-state index is -3.19. The number of hydrogen-bond donors (Lipinski definition) is 1. The molecule has 1 N–H and O–H groups in total. The SMILES string of the molecule is CS(=O)(=O)c1ccc(-c2csc(-c3ccc(O)cc3)n2)cc1. The van der Waals surface area contributed by atoms with Gasteiger partial charge < -0.3 is 5.11 Å². The van der Waals surface area contributed by atoms with E-state index >= 15 is 0 Å². The van der Waals surface area contributed by atoms with Crippen molar-refractivity contribution in [2.24, 2.45) is 0 Å². The molecule has 0 atom stereocenters. The second-order valence-corrected chi connectivity index (χ2v) is 7.76. The van der Waals surface area contributed by atoms with Crippen molar-refractivity contribution in [2.45, 2.75) is 4.90 Å². The molecule has 0 radical (unpaired) electrons. The van der Waals surface area contributed by atoms with E-state index in [4.69, 9.17) is 0 Å². The van der Waals surface area contributed by atoms with Gasteiger partial charge in [-0.1, -0.05) is 12.1 Å². The first-order valence-corrected chi connectivity index (χ1v) is 9.26. The summed E-state index contributed by atoms with van der Waals surface area (Å²) in [6.45, 7) is 0. The number of benzene rings is 2. The van der Waals surface area contributed by atoms with Crippen LogP contribution in [-0.2, 0) is 9.84 Å². The Morgan fingerprint density at radius 1 is 0.955 bits per heavy atom. The van der Waals surface area contributed by atoms with Crippen LogP contribution in [0.5, 0.6) is 5.75 Å². The monoisotopic (exact) mass is 331 g/mol. The van der Waals surface area contributed by atoms with Crippen LogP contribution in [0.2, 0.25) is 0 Å². The maximum absolute atomic E-state index is 11.5. The fourth-order valence-electron chi connectivity index (χ4n) is 2.02. The van der Waals surface area contributed by atoms with Gasteiger partial charge in [-0.15, -0.1) is 11.3 Å². The third kappa shape index (κ3) is 3.03. The molecule has 2 aromatic carbocycles. The predicted molar refractivity (Wildman–Crippen MR) is 87.8 cm³/mol. The molecule has 0 aliphatic rings. The highest BCUT2D eigenvalue weighted by molar-refractivity contribution is 7.90. The Bertz CT molecular complexity index is 895. The third-order valence-corrected chi connectivity index (χ3v) is 5.22. The number of rotatable bonds is 3. The molecule has 3 rings (SSSR count). The van der Waals surface area contributed by atoms with E-state index < -0.39 is 9.84 Å². The van der Waals surface area contributed by atoms with Gasteiger partial charge in [-0.05, 0) is 36.4 Å². The maximum atomic E-state index is 11.5. The minimum Gasteiger partial charge on any atom is -0.508 e. The number of nitrogens with zero attached hydrogens (tertiary/aromatic N) is 1. The van der Waals surface area contributed by atoms with Gasteiger partial charge in [0, 0.05) is 22.8 Å². The number of phenols is 1. The molecular formula is C16H13NO3S2. The van der Waals surface area contributed by atoms with Crippen LogP contribution >= 0.6 is 11.3 Å². The van der Waals surface area contributed by atoms with Crippen molar-refractivity contribution in [3.8, 4) is 27.6 Å². The van der Waals surface area contributed by atoms with Gasteiger partial charge in [0.05, 0.1) is 10.6 Å². The minimum absolute atomic E-state index is 0.219. The van der Waals surface area contributed by atoms with Crippen molar-refractivity contribution in [1.29, 1.82) is 0 Å². The predicted octanol–water partition coefficient (Wildman–Crippen LogP) is 3.59. The van der Waals surface area contributed by atoms with Gasteiger partial charge in [-0.25, -0.2) is 13.4 Å². The molecule has 22 heavy (non-hydrogen) atoms. The second kappa shape index (κ2) is 5.55. The summed E-state index contributed by atoms with van der Waals surface area (Å²) in [5.74, 6) is 0.219. The molecule has 0 aliphatic heterocycles. The van der Waals surface area contributed by atoms with E-state index in [9.17, 15) is 13.5 Å². The Labute approximate surface area is 132 Å².